The molecular formula is C12H18N2S. The van der Waals surface area contributed by atoms with Crippen LogP contribution in [0.4, 0.5) is 5.69 Å². The van der Waals surface area contributed by atoms with Crippen LogP contribution in [0, 0.1) is 0 Å². The standard InChI is InChI=1S/C12H18N2S/c1-9-8-13-12(15-9)10-4-6-11(7-5-10)14(2)3/h4-7,9,12-13H,8H2,1-3H3. The van der Waals surface area contributed by atoms with Gasteiger partial charge in [0.15, 0.2) is 0 Å². The molecule has 1 aliphatic rings. The van der Waals surface area contributed by atoms with E-state index in [9.17, 15) is 0 Å². The summed E-state index contributed by atoms with van der Waals surface area (Å²) in [7, 11) is 4.14. The molecule has 0 aromatic heterocycles. The first kappa shape index (κ1) is 10.8. The second kappa shape index (κ2) is 4.45. The van der Waals surface area contributed by atoms with Gasteiger partial charge in [-0.1, -0.05) is 19.1 Å². The topological polar surface area (TPSA) is 15.3 Å². The monoisotopic (exact) mass is 222 g/mol. The first-order valence-corrected chi connectivity index (χ1v) is 6.27. The van der Waals surface area contributed by atoms with Crippen molar-refractivity contribution in [2.75, 3.05) is 25.5 Å². The van der Waals surface area contributed by atoms with Crippen LogP contribution in [-0.4, -0.2) is 25.9 Å². The largest absolute Gasteiger partial charge is 0.378 e. The summed E-state index contributed by atoms with van der Waals surface area (Å²) in [6.45, 7) is 3.39. The fourth-order valence-electron chi connectivity index (χ4n) is 1.75. The third kappa shape index (κ3) is 2.47. The van der Waals surface area contributed by atoms with E-state index in [4.69, 9.17) is 0 Å². The van der Waals surface area contributed by atoms with Gasteiger partial charge in [-0.15, -0.1) is 11.8 Å². The maximum atomic E-state index is 3.52. The fourth-order valence-corrected chi connectivity index (χ4v) is 2.91. The Morgan fingerprint density at radius 2 is 1.93 bits per heavy atom. The Morgan fingerprint density at radius 3 is 2.40 bits per heavy atom. The molecule has 1 aromatic rings. The zero-order valence-corrected chi connectivity index (χ0v) is 10.3. The van der Waals surface area contributed by atoms with E-state index in [-0.39, 0.29) is 0 Å². The third-order valence-electron chi connectivity index (χ3n) is 2.67. The van der Waals surface area contributed by atoms with Crippen molar-refractivity contribution in [2.45, 2.75) is 17.5 Å². The number of thioether (sulfide) groups is 1. The highest BCUT2D eigenvalue weighted by molar-refractivity contribution is 8.00. The molecule has 1 aliphatic heterocycles. The molecule has 1 fully saturated rings. The predicted octanol–water partition coefficient (Wildman–Crippen LogP) is 2.48. The van der Waals surface area contributed by atoms with Crippen molar-refractivity contribution in [3.63, 3.8) is 0 Å². The quantitative estimate of drug-likeness (QED) is 0.827. The predicted molar refractivity (Wildman–Crippen MR) is 68.6 cm³/mol. The number of anilines is 1. The van der Waals surface area contributed by atoms with E-state index < -0.39 is 0 Å². The molecule has 0 aliphatic carbocycles. The highest BCUT2D eigenvalue weighted by atomic mass is 32.2. The fraction of sp³-hybridized carbons (Fsp3) is 0.500. The summed E-state index contributed by atoms with van der Waals surface area (Å²) >= 11 is 2.01. The minimum atomic E-state index is 0.483. The van der Waals surface area contributed by atoms with Gasteiger partial charge in [0.2, 0.25) is 0 Å². The lowest BCUT2D eigenvalue weighted by atomic mass is 10.2. The van der Waals surface area contributed by atoms with Crippen LogP contribution in [0.3, 0.4) is 0 Å². The van der Waals surface area contributed by atoms with Crippen molar-refractivity contribution in [1.82, 2.24) is 5.32 Å². The van der Waals surface area contributed by atoms with Gasteiger partial charge in [0.05, 0.1) is 5.37 Å². The summed E-state index contributed by atoms with van der Waals surface area (Å²) in [5.74, 6) is 0. The molecule has 0 amide bonds. The Bertz CT molecular complexity index is 321. The number of nitrogens with one attached hydrogen (secondary N) is 1. The number of nitrogens with zero attached hydrogens (tertiary/aromatic N) is 1. The molecule has 2 unspecified atom stereocenters. The molecule has 1 N–H and O–H groups in total. The SMILES string of the molecule is CC1CNC(c2ccc(N(C)C)cc2)S1. The average molecular weight is 222 g/mol. The lowest BCUT2D eigenvalue weighted by Gasteiger charge is -2.15. The van der Waals surface area contributed by atoms with Crippen LogP contribution in [0.1, 0.15) is 17.9 Å². The molecule has 0 spiro atoms. The molecular weight excluding hydrogens is 204 g/mol. The molecule has 0 radical (unpaired) electrons. The summed E-state index contributed by atoms with van der Waals surface area (Å²) in [6, 6.07) is 8.80. The van der Waals surface area contributed by atoms with Crippen molar-refractivity contribution < 1.29 is 0 Å². The molecule has 2 atom stereocenters. The van der Waals surface area contributed by atoms with Gasteiger partial charge in [0, 0.05) is 31.6 Å². The lowest BCUT2D eigenvalue weighted by Crippen LogP contribution is -2.14. The Balaban J connectivity index is 2.10. The second-order valence-corrected chi connectivity index (χ2v) is 5.77. The minimum Gasteiger partial charge on any atom is -0.378 e. The van der Waals surface area contributed by atoms with Gasteiger partial charge in [0.25, 0.3) is 0 Å². The zero-order valence-electron chi connectivity index (χ0n) is 9.53. The molecule has 1 aromatic carbocycles. The summed E-state index contributed by atoms with van der Waals surface area (Å²) < 4.78 is 0. The van der Waals surface area contributed by atoms with Crippen molar-refractivity contribution >= 4 is 17.4 Å². The summed E-state index contributed by atoms with van der Waals surface area (Å²) in [5, 5.41) is 4.73. The molecule has 1 heterocycles. The molecule has 82 valence electrons. The number of benzene rings is 1. The van der Waals surface area contributed by atoms with Crippen molar-refractivity contribution in [2.24, 2.45) is 0 Å². The Labute approximate surface area is 96.0 Å². The Hall–Kier alpha value is -0.670. The van der Waals surface area contributed by atoms with Gasteiger partial charge in [-0.05, 0) is 17.7 Å². The van der Waals surface area contributed by atoms with Gasteiger partial charge >= 0.3 is 0 Å². The van der Waals surface area contributed by atoms with Crippen molar-refractivity contribution in [3.8, 4) is 0 Å². The van der Waals surface area contributed by atoms with Crippen molar-refractivity contribution in [3.05, 3.63) is 29.8 Å². The van der Waals surface area contributed by atoms with Gasteiger partial charge < -0.3 is 10.2 Å². The van der Waals surface area contributed by atoms with E-state index in [1.54, 1.807) is 0 Å². The third-order valence-corrected chi connectivity index (χ3v) is 4.01. The summed E-state index contributed by atoms with van der Waals surface area (Å²) in [5.41, 5.74) is 2.64. The number of hydrogen-bond donors (Lipinski definition) is 1. The van der Waals surface area contributed by atoms with Crippen LogP contribution in [0.5, 0.6) is 0 Å². The van der Waals surface area contributed by atoms with Crippen molar-refractivity contribution in [1.29, 1.82) is 0 Å². The average Bonchev–Trinajstić information content (AvgIpc) is 2.65. The normalized spacial score (nSPS) is 25.5. The van der Waals surface area contributed by atoms with Crippen LogP contribution in [-0.2, 0) is 0 Å². The van der Waals surface area contributed by atoms with E-state index in [2.05, 4.69) is 55.5 Å². The molecule has 0 bridgehead atoms. The van der Waals surface area contributed by atoms with E-state index in [1.807, 2.05) is 11.8 Å². The minimum absolute atomic E-state index is 0.483. The summed E-state index contributed by atoms with van der Waals surface area (Å²) in [4.78, 5) is 2.13. The van der Waals surface area contributed by atoms with Crippen LogP contribution >= 0.6 is 11.8 Å². The Morgan fingerprint density at radius 1 is 1.27 bits per heavy atom. The van der Waals surface area contributed by atoms with Gasteiger partial charge in [-0.3, -0.25) is 0 Å². The van der Waals surface area contributed by atoms with Gasteiger partial charge in [-0.25, -0.2) is 0 Å². The van der Waals surface area contributed by atoms with Crippen LogP contribution in [0.25, 0.3) is 0 Å². The van der Waals surface area contributed by atoms with E-state index in [1.165, 1.54) is 11.3 Å². The second-order valence-electron chi connectivity index (χ2n) is 4.22. The van der Waals surface area contributed by atoms with E-state index >= 15 is 0 Å². The molecule has 3 heteroatoms. The summed E-state index contributed by atoms with van der Waals surface area (Å²) in [6.07, 6.45) is 0. The maximum absolute atomic E-state index is 3.52. The first-order valence-electron chi connectivity index (χ1n) is 5.33. The molecule has 1 saturated heterocycles. The first-order chi connectivity index (χ1) is 7.16. The highest BCUT2D eigenvalue weighted by Crippen LogP contribution is 2.34. The number of hydrogen-bond acceptors (Lipinski definition) is 3. The smallest absolute Gasteiger partial charge is 0.0792 e. The van der Waals surface area contributed by atoms with E-state index in [0.29, 0.717) is 5.37 Å². The Kier molecular flexibility index (Phi) is 3.22. The number of rotatable bonds is 2. The maximum Gasteiger partial charge on any atom is 0.0792 e. The van der Waals surface area contributed by atoms with Crippen LogP contribution < -0.4 is 10.2 Å². The highest BCUT2D eigenvalue weighted by Gasteiger charge is 2.22. The van der Waals surface area contributed by atoms with Crippen LogP contribution in [0.2, 0.25) is 0 Å². The van der Waals surface area contributed by atoms with E-state index in [0.717, 1.165) is 11.8 Å². The van der Waals surface area contributed by atoms with Gasteiger partial charge in [-0.2, -0.15) is 0 Å². The molecule has 15 heavy (non-hydrogen) atoms. The molecule has 0 saturated carbocycles. The zero-order chi connectivity index (χ0) is 10.8. The lowest BCUT2D eigenvalue weighted by molar-refractivity contribution is 0.718. The molecule has 2 nitrogen and oxygen atoms in total. The van der Waals surface area contributed by atoms with Crippen LogP contribution in [0.15, 0.2) is 24.3 Å². The van der Waals surface area contributed by atoms with Gasteiger partial charge in [0.1, 0.15) is 0 Å². The molecule has 2 rings (SSSR count).